The van der Waals surface area contributed by atoms with Crippen LogP contribution >= 0.6 is 0 Å². The molecule has 0 spiro atoms. The lowest BCUT2D eigenvalue weighted by Crippen LogP contribution is -1.96. The molecule has 2 aromatic carbocycles. The molecule has 1 heterocycles. The maximum atomic E-state index is 5.89. The van der Waals surface area contributed by atoms with E-state index in [1.807, 2.05) is 36.7 Å². The van der Waals surface area contributed by atoms with Crippen LogP contribution in [0.4, 0.5) is 0 Å². The number of rotatable bonds is 9. The summed E-state index contributed by atoms with van der Waals surface area (Å²) in [6.45, 7) is 4.96. The van der Waals surface area contributed by atoms with Crippen LogP contribution in [0.5, 0.6) is 5.75 Å². The Morgan fingerprint density at radius 3 is 2.04 bits per heavy atom. The minimum absolute atomic E-state index is 0.576. The molecule has 0 N–H and O–H groups in total. The molecule has 0 unspecified atom stereocenters. The van der Waals surface area contributed by atoms with Crippen molar-refractivity contribution in [3.05, 3.63) is 77.6 Å². The topological polar surface area (TPSA) is 35.0 Å². The number of hydrogen-bond acceptors (Lipinski definition) is 3. The van der Waals surface area contributed by atoms with Gasteiger partial charge in [-0.15, -0.1) is 0 Å². The van der Waals surface area contributed by atoms with Crippen molar-refractivity contribution in [3.63, 3.8) is 0 Å². The third-order valence-electron chi connectivity index (χ3n) is 4.72. The van der Waals surface area contributed by atoms with Gasteiger partial charge in [-0.3, -0.25) is 0 Å². The van der Waals surface area contributed by atoms with Crippen LogP contribution in [0, 0.1) is 0 Å². The molecule has 3 aromatic rings. The number of aromatic nitrogens is 2. The minimum atomic E-state index is 0.576. The van der Waals surface area contributed by atoms with Gasteiger partial charge in [0.1, 0.15) is 12.4 Å². The summed E-state index contributed by atoms with van der Waals surface area (Å²) in [5.41, 5.74) is 4.74. The van der Waals surface area contributed by atoms with Crippen molar-refractivity contribution in [2.75, 3.05) is 0 Å². The fraction of sp³-hybridized carbons (Fsp3) is 0.333. The van der Waals surface area contributed by atoms with Crippen LogP contribution in [0.3, 0.4) is 0 Å². The zero-order valence-corrected chi connectivity index (χ0v) is 16.3. The molecule has 0 atom stereocenters. The molecular formula is C24H28N2O. The van der Waals surface area contributed by atoms with E-state index in [1.54, 1.807) is 0 Å². The van der Waals surface area contributed by atoms with Gasteiger partial charge in [-0.2, -0.15) is 0 Å². The van der Waals surface area contributed by atoms with Crippen LogP contribution in [0.1, 0.15) is 49.8 Å². The van der Waals surface area contributed by atoms with Gasteiger partial charge in [-0.25, -0.2) is 9.97 Å². The van der Waals surface area contributed by atoms with Crippen molar-refractivity contribution in [2.45, 2.75) is 52.6 Å². The van der Waals surface area contributed by atoms with Gasteiger partial charge in [0, 0.05) is 18.0 Å². The third kappa shape index (κ3) is 5.65. The van der Waals surface area contributed by atoms with Gasteiger partial charge in [0.05, 0.1) is 0 Å². The van der Waals surface area contributed by atoms with Crippen LogP contribution in [0.15, 0.2) is 60.9 Å². The molecule has 0 saturated carbocycles. The van der Waals surface area contributed by atoms with Gasteiger partial charge in [0.2, 0.25) is 0 Å². The van der Waals surface area contributed by atoms with E-state index in [4.69, 9.17) is 4.74 Å². The lowest BCUT2D eigenvalue weighted by Gasteiger charge is -2.08. The number of unbranched alkanes of at least 4 members (excludes halogenated alkanes) is 2. The molecule has 0 aliphatic rings. The lowest BCUT2D eigenvalue weighted by atomic mass is 10.1. The summed E-state index contributed by atoms with van der Waals surface area (Å²) in [6.07, 6.45) is 9.70. The zero-order chi connectivity index (χ0) is 18.9. The second-order valence-electron chi connectivity index (χ2n) is 6.86. The highest BCUT2D eigenvalue weighted by atomic mass is 16.5. The van der Waals surface area contributed by atoms with Gasteiger partial charge in [0.15, 0.2) is 5.82 Å². The largest absolute Gasteiger partial charge is 0.489 e. The third-order valence-corrected chi connectivity index (χ3v) is 4.72. The van der Waals surface area contributed by atoms with Crippen LogP contribution in [-0.4, -0.2) is 9.97 Å². The van der Waals surface area contributed by atoms with Crippen molar-refractivity contribution in [1.29, 1.82) is 0 Å². The Labute approximate surface area is 162 Å². The Kier molecular flexibility index (Phi) is 6.97. The van der Waals surface area contributed by atoms with Gasteiger partial charge in [-0.1, -0.05) is 51.0 Å². The SMILES string of the molecule is CCCCCc1cnc(-c2ccc(OCc3ccc(CC)cc3)cc2)nc1. The Hall–Kier alpha value is -2.68. The van der Waals surface area contributed by atoms with Crippen molar-refractivity contribution in [2.24, 2.45) is 0 Å². The summed E-state index contributed by atoms with van der Waals surface area (Å²) >= 11 is 0. The highest BCUT2D eigenvalue weighted by Crippen LogP contribution is 2.20. The fourth-order valence-electron chi connectivity index (χ4n) is 2.95. The number of ether oxygens (including phenoxy) is 1. The average Bonchev–Trinajstić information content (AvgIpc) is 2.74. The van der Waals surface area contributed by atoms with Crippen LogP contribution < -0.4 is 4.74 Å². The molecular weight excluding hydrogens is 332 g/mol. The molecule has 3 rings (SSSR count). The first-order chi connectivity index (χ1) is 13.3. The standard InChI is InChI=1S/C24H28N2O/c1-3-5-6-7-21-16-25-24(26-17-21)22-12-14-23(15-13-22)27-18-20-10-8-19(4-2)9-11-20/h8-17H,3-7,18H2,1-2H3. The number of hydrogen-bond donors (Lipinski definition) is 0. The molecule has 3 nitrogen and oxygen atoms in total. The highest BCUT2D eigenvalue weighted by Gasteiger charge is 2.03. The second kappa shape index (κ2) is 9.86. The summed E-state index contributed by atoms with van der Waals surface area (Å²) in [7, 11) is 0. The zero-order valence-electron chi connectivity index (χ0n) is 16.3. The quantitative estimate of drug-likeness (QED) is 0.438. The highest BCUT2D eigenvalue weighted by molar-refractivity contribution is 5.55. The minimum Gasteiger partial charge on any atom is -0.489 e. The summed E-state index contributed by atoms with van der Waals surface area (Å²) in [5.74, 6) is 1.62. The lowest BCUT2D eigenvalue weighted by molar-refractivity contribution is 0.306. The Bertz CT molecular complexity index is 809. The van der Waals surface area contributed by atoms with Gasteiger partial charge >= 0.3 is 0 Å². The summed E-state index contributed by atoms with van der Waals surface area (Å²) in [4.78, 5) is 9.03. The van der Waals surface area contributed by atoms with Gasteiger partial charge in [-0.05, 0) is 60.2 Å². The first kappa shape index (κ1) is 19.1. The second-order valence-corrected chi connectivity index (χ2v) is 6.86. The molecule has 3 heteroatoms. The number of benzene rings is 2. The van der Waals surface area contributed by atoms with Crippen molar-refractivity contribution >= 4 is 0 Å². The first-order valence-corrected chi connectivity index (χ1v) is 9.90. The van der Waals surface area contributed by atoms with Crippen molar-refractivity contribution in [3.8, 4) is 17.1 Å². The van der Waals surface area contributed by atoms with E-state index in [0.717, 1.165) is 30.0 Å². The first-order valence-electron chi connectivity index (χ1n) is 9.90. The summed E-state index contributed by atoms with van der Waals surface area (Å²) < 4.78 is 5.89. The molecule has 0 saturated heterocycles. The van der Waals surface area contributed by atoms with Crippen molar-refractivity contribution < 1.29 is 4.74 Å². The van der Waals surface area contributed by atoms with Crippen LogP contribution in [0.25, 0.3) is 11.4 Å². The van der Waals surface area contributed by atoms with Crippen LogP contribution in [-0.2, 0) is 19.4 Å². The maximum Gasteiger partial charge on any atom is 0.159 e. The molecule has 0 radical (unpaired) electrons. The molecule has 27 heavy (non-hydrogen) atoms. The van der Waals surface area contributed by atoms with E-state index < -0.39 is 0 Å². The smallest absolute Gasteiger partial charge is 0.159 e. The molecule has 1 aromatic heterocycles. The molecule has 0 amide bonds. The van der Waals surface area contributed by atoms with E-state index in [-0.39, 0.29) is 0 Å². The van der Waals surface area contributed by atoms with E-state index in [9.17, 15) is 0 Å². The normalized spacial score (nSPS) is 10.7. The van der Waals surface area contributed by atoms with Gasteiger partial charge < -0.3 is 4.74 Å². The van der Waals surface area contributed by atoms with Crippen LogP contribution in [0.2, 0.25) is 0 Å². The van der Waals surface area contributed by atoms with E-state index >= 15 is 0 Å². The number of nitrogens with zero attached hydrogens (tertiary/aromatic N) is 2. The van der Waals surface area contributed by atoms with E-state index in [1.165, 1.54) is 36.0 Å². The summed E-state index contributed by atoms with van der Waals surface area (Å²) in [6, 6.07) is 16.6. The predicted molar refractivity (Wildman–Crippen MR) is 111 cm³/mol. The Morgan fingerprint density at radius 2 is 1.41 bits per heavy atom. The molecule has 0 aliphatic carbocycles. The van der Waals surface area contributed by atoms with E-state index in [2.05, 4.69) is 48.1 Å². The van der Waals surface area contributed by atoms with E-state index in [0.29, 0.717) is 6.61 Å². The Morgan fingerprint density at radius 1 is 0.741 bits per heavy atom. The molecule has 0 bridgehead atoms. The average molecular weight is 361 g/mol. The monoisotopic (exact) mass is 360 g/mol. The van der Waals surface area contributed by atoms with Gasteiger partial charge in [0.25, 0.3) is 0 Å². The molecule has 0 fully saturated rings. The fourth-order valence-corrected chi connectivity index (χ4v) is 2.95. The number of aryl methyl sites for hydroxylation is 2. The summed E-state index contributed by atoms with van der Waals surface area (Å²) in [5, 5.41) is 0. The molecule has 140 valence electrons. The molecule has 0 aliphatic heterocycles. The Balaban J connectivity index is 1.56. The predicted octanol–water partition coefficient (Wildman–Crippen LogP) is 6.02. The maximum absolute atomic E-state index is 5.89. The van der Waals surface area contributed by atoms with Crippen molar-refractivity contribution in [1.82, 2.24) is 9.97 Å².